The number of hydrogen-bond acceptors (Lipinski definition) is 6. The summed E-state index contributed by atoms with van der Waals surface area (Å²) in [6.07, 6.45) is 1.70. The zero-order valence-corrected chi connectivity index (χ0v) is 12.6. The molecule has 4 aromatic rings. The lowest BCUT2D eigenvalue weighted by molar-refractivity contribution is -0.120. The Hall–Kier alpha value is -3.35. The average Bonchev–Trinajstić information content (AvgIpc) is 3.34. The van der Waals surface area contributed by atoms with Crippen LogP contribution in [-0.2, 0) is 17.8 Å². The Morgan fingerprint density at radius 3 is 2.83 bits per heavy atom. The van der Waals surface area contributed by atoms with Crippen LogP contribution in [0.4, 0.5) is 0 Å². The van der Waals surface area contributed by atoms with Crippen LogP contribution < -0.4 is 5.32 Å². The first-order valence-electron chi connectivity index (χ1n) is 7.39. The van der Waals surface area contributed by atoms with E-state index in [0.717, 1.165) is 5.39 Å². The molecule has 0 atom stereocenters. The molecule has 1 N–H and O–H groups in total. The maximum Gasteiger partial charge on any atom is 0.226 e. The molecule has 0 unspecified atom stereocenters. The summed E-state index contributed by atoms with van der Waals surface area (Å²) in [6.45, 7) is 0.263. The fourth-order valence-corrected chi connectivity index (χ4v) is 2.40. The van der Waals surface area contributed by atoms with Gasteiger partial charge in [0.1, 0.15) is 11.4 Å². The summed E-state index contributed by atoms with van der Waals surface area (Å²) in [5.41, 5.74) is 1.89. The summed E-state index contributed by atoms with van der Waals surface area (Å²) in [5.74, 6) is 0.942. The number of benzene rings is 1. The minimum Gasteiger partial charge on any atom is -0.461 e. The van der Waals surface area contributed by atoms with Crippen molar-refractivity contribution in [2.45, 2.75) is 13.0 Å². The zero-order chi connectivity index (χ0) is 16.4. The Morgan fingerprint density at radius 1 is 1.04 bits per heavy atom. The second kappa shape index (κ2) is 6.04. The molecule has 0 aliphatic rings. The van der Waals surface area contributed by atoms with Crippen LogP contribution in [-0.4, -0.2) is 16.2 Å². The van der Waals surface area contributed by atoms with Crippen LogP contribution in [0.25, 0.3) is 22.5 Å². The molecule has 0 bridgehead atoms. The van der Waals surface area contributed by atoms with Crippen molar-refractivity contribution >= 4 is 16.9 Å². The topological polar surface area (TPSA) is 94.3 Å². The van der Waals surface area contributed by atoms with Gasteiger partial charge in [0, 0.05) is 11.5 Å². The van der Waals surface area contributed by atoms with Crippen LogP contribution in [0.15, 0.2) is 62.2 Å². The zero-order valence-electron chi connectivity index (χ0n) is 12.6. The van der Waals surface area contributed by atoms with Gasteiger partial charge in [-0.05, 0) is 24.3 Å². The van der Waals surface area contributed by atoms with E-state index in [1.807, 2.05) is 24.3 Å². The van der Waals surface area contributed by atoms with Crippen molar-refractivity contribution in [3.63, 3.8) is 0 Å². The van der Waals surface area contributed by atoms with E-state index in [2.05, 4.69) is 15.6 Å². The Kier molecular flexibility index (Phi) is 3.59. The molecule has 0 radical (unpaired) electrons. The molecule has 7 nitrogen and oxygen atoms in total. The maximum absolute atomic E-state index is 12.1. The molecule has 4 rings (SSSR count). The molecule has 7 heteroatoms. The number of fused-ring (bicyclic) bond motifs is 1. The Morgan fingerprint density at radius 2 is 1.96 bits per heavy atom. The van der Waals surface area contributed by atoms with E-state index >= 15 is 0 Å². The number of carbonyl (C=O) groups excluding carboxylic acids is 1. The maximum atomic E-state index is 12.1. The molecule has 24 heavy (non-hydrogen) atoms. The van der Waals surface area contributed by atoms with Gasteiger partial charge in [-0.2, -0.15) is 0 Å². The summed E-state index contributed by atoms with van der Waals surface area (Å²) in [4.78, 5) is 12.1. The molecular formula is C17H13N3O4. The number of amides is 1. The van der Waals surface area contributed by atoms with Gasteiger partial charge in [-0.3, -0.25) is 4.79 Å². The third kappa shape index (κ3) is 2.79. The second-order valence-electron chi connectivity index (χ2n) is 5.24. The van der Waals surface area contributed by atoms with E-state index in [-0.39, 0.29) is 18.9 Å². The number of para-hydroxylation sites is 1. The van der Waals surface area contributed by atoms with Gasteiger partial charge in [-0.15, -0.1) is 0 Å². The van der Waals surface area contributed by atoms with E-state index in [9.17, 15) is 4.79 Å². The van der Waals surface area contributed by atoms with Crippen LogP contribution in [0, 0.1) is 0 Å². The van der Waals surface area contributed by atoms with Crippen LogP contribution in [0.3, 0.4) is 0 Å². The number of nitrogens with one attached hydrogen (secondary N) is 1. The third-order valence-corrected chi connectivity index (χ3v) is 3.57. The summed E-state index contributed by atoms with van der Waals surface area (Å²) >= 11 is 0. The lowest BCUT2D eigenvalue weighted by Gasteiger charge is -2.00. The quantitative estimate of drug-likeness (QED) is 0.607. The molecule has 3 heterocycles. The first kappa shape index (κ1) is 14.3. The predicted molar refractivity (Wildman–Crippen MR) is 83.8 cm³/mol. The Bertz CT molecular complexity index is 969. The lowest BCUT2D eigenvalue weighted by atomic mass is 10.1. The van der Waals surface area contributed by atoms with Crippen molar-refractivity contribution in [3.05, 3.63) is 60.1 Å². The normalized spacial score (nSPS) is 11.0. The molecule has 120 valence electrons. The number of nitrogens with zero attached hydrogens (tertiary/aromatic N) is 2. The van der Waals surface area contributed by atoms with Crippen LogP contribution in [0.5, 0.6) is 0 Å². The van der Waals surface area contributed by atoms with Crippen LogP contribution >= 0.6 is 0 Å². The molecule has 1 aromatic carbocycles. The van der Waals surface area contributed by atoms with Crippen molar-refractivity contribution in [3.8, 4) is 11.5 Å². The number of carbonyl (C=O) groups is 1. The molecule has 1 amide bonds. The SMILES string of the molecule is O=C(Cc1noc2ccccc12)NCc1cc(-c2ccco2)on1. The third-order valence-electron chi connectivity index (χ3n) is 3.57. The fourth-order valence-electron chi connectivity index (χ4n) is 2.40. The minimum atomic E-state index is -0.170. The van der Waals surface area contributed by atoms with Gasteiger partial charge in [-0.1, -0.05) is 22.4 Å². The molecule has 0 saturated carbocycles. The Labute approximate surface area is 136 Å². The summed E-state index contributed by atoms with van der Waals surface area (Å²) in [5, 5.41) is 11.5. The molecule has 0 aliphatic heterocycles. The van der Waals surface area contributed by atoms with E-state index in [1.54, 1.807) is 24.5 Å². The largest absolute Gasteiger partial charge is 0.461 e. The Balaban J connectivity index is 1.38. The van der Waals surface area contributed by atoms with Crippen molar-refractivity contribution in [1.82, 2.24) is 15.6 Å². The molecule has 0 saturated heterocycles. The highest BCUT2D eigenvalue weighted by molar-refractivity contribution is 5.86. The van der Waals surface area contributed by atoms with E-state index in [1.165, 1.54) is 0 Å². The van der Waals surface area contributed by atoms with Crippen LogP contribution in [0.1, 0.15) is 11.4 Å². The number of rotatable bonds is 5. The predicted octanol–water partition coefficient (Wildman–Crippen LogP) is 2.93. The van der Waals surface area contributed by atoms with Gasteiger partial charge in [0.25, 0.3) is 0 Å². The number of aromatic nitrogens is 2. The van der Waals surface area contributed by atoms with Gasteiger partial charge in [-0.25, -0.2) is 0 Å². The minimum absolute atomic E-state index is 0.139. The fraction of sp³-hybridized carbons (Fsp3) is 0.118. The average molecular weight is 323 g/mol. The highest BCUT2D eigenvalue weighted by atomic mass is 16.5. The van der Waals surface area contributed by atoms with E-state index in [4.69, 9.17) is 13.5 Å². The van der Waals surface area contributed by atoms with Gasteiger partial charge < -0.3 is 18.8 Å². The van der Waals surface area contributed by atoms with Crippen molar-refractivity contribution in [1.29, 1.82) is 0 Å². The summed E-state index contributed by atoms with van der Waals surface area (Å²) < 4.78 is 15.6. The lowest BCUT2D eigenvalue weighted by Crippen LogP contribution is -2.24. The first-order valence-corrected chi connectivity index (χ1v) is 7.39. The number of furan rings is 1. The standard InChI is InChI=1S/C17H13N3O4/c21-17(9-13-12-4-1-2-5-14(12)23-20-13)18-10-11-8-16(24-19-11)15-6-3-7-22-15/h1-8H,9-10H2,(H,18,21). The van der Waals surface area contributed by atoms with E-state index < -0.39 is 0 Å². The van der Waals surface area contributed by atoms with Gasteiger partial charge in [0.2, 0.25) is 11.7 Å². The summed E-state index contributed by atoms with van der Waals surface area (Å²) in [7, 11) is 0. The molecule has 0 spiro atoms. The van der Waals surface area contributed by atoms with Gasteiger partial charge in [0.15, 0.2) is 11.3 Å². The molecule has 3 aromatic heterocycles. The molecule has 0 fully saturated rings. The van der Waals surface area contributed by atoms with Crippen molar-refractivity contribution < 1.29 is 18.3 Å². The van der Waals surface area contributed by atoms with Gasteiger partial charge in [0.05, 0.1) is 19.2 Å². The van der Waals surface area contributed by atoms with Crippen LogP contribution in [0.2, 0.25) is 0 Å². The molecule has 0 aliphatic carbocycles. The monoisotopic (exact) mass is 323 g/mol. The smallest absolute Gasteiger partial charge is 0.226 e. The summed E-state index contributed by atoms with van der Waals surface area (Å²) in [6, 6.07) is 12.7. The first-order chi connectivity index (χ1) is 11.8. The second-order valence-corrected chi connectivity index (χ2v) is 5.24. The number of hydrogen-bond donors (Lipinski definition) is 1. The van der Waals surface area contributed by atoms with Crippen molar-refractivity contribution in [2.24, 2.45) is 0 Å². The van der Waals surface area contributed by atoms with Crippen molar-refractivity contribution in [2.75, 3.05) is 0 Å². The van der Waals surface area contributed by atoms with E-state index in [0.29, 0.717) is 28.5 Å². The molecular weight excluding hydrogens is 310 g/mol. The highest BCUT2D eigenvalue weighted by Crippen LogP contribution is 2.20. The van der Waals surface area contributed by atoms with Gasteiger partial charge >= 0.3 is 0 Å². The highest BCUT2D eigenvalue weighted by Gasteiger charge is 2.13.